The number of aliphatic carboxylic acids is 1. The van der Waals surface area contributed by atoms with Crippen LogP contribution >= 0.6 is 11.3 Å². The monoisotopic (exact) mass is 360 g/mol. The van der Waals surface area contributed by atoms with E-state index >= 15 is 0 Å². The minimum atomic E-state index is -3.74. The number of hydrogen-bond acceptors (Lipinski definition) is 5. The van der Waals surface area contributed by atoms with E-state index < -0.39 is 33.9 Å². The Balaban J connectivity index is 2.06. The highest BCUT2D eigenvalue weighted by molar-refractivity contribution is 7.91. The molecule has 0 radical (unpaired) electrons. The number of rotatable bonds is 5. The van der Waals surface area contributed by atoms with Crippen LogP contribution in [0.15, 0.2) is 21.7 Å². The molecule has 2 heterocycles. The summed E-state index contributed by atoms with van der Waals surface area (Å²) in [4.78, 5) is 25.1. The van der Waals surface area contributed by atoms with E-state index in [1.54, 1.807) is 11.4 Å². The molecule has 0 aliphatic carbocycles. The minimum absolute atomic E-state index is 0.0647. The second-order valence-electron chi connectivity index (χ2n) is 5.89. The number of hydrogen-bond donors (Lipinski definition) is 2. The second-order valence-corrected chi connectivity index (χ2v) is 8.78. The predicted octanol–water partition coefficient (Wildman–Crippen LogP) is 0.984. The normalized spacial score (nSPS) is 23.5. The number of carbonyl (C=O) groups is 2. The first kappa shape index (κ1) is 17.9. The molecular weight excluding hydrogens is 340 g/mol. The Morgan fingerprint density at radius 2 is 2.13 bits per heavy atom. The molecule has 2 N–H and O–H groups in total. The van der Waals surface area contributed by atoms with E-state index in [4.69, 9.17) is 5.11 Å². The molecule has 0 aromatic carbocycles. The molecule has 23 heavy (non-hydrogen) atoms. The van der Waals surface area contributed by atoms with Crippen molar-refractivity contribution in [3.05, 3.63) is 17.5 Å². The molecule has 128 valence electrons. The van der Waals surface area contributed by atoms with Crippen molar-refractivity contribution >= 4 is 33.2 Å². The fraction of sp³-hybridized carbons (Fsp3) is 0.571. The lowest BCUT2D eigenvalue weighted by atomic mass is 9.90. The highest BCUT2D eigenvalue weighted by Crippen LogP contribution is 2.23. The average Bonchev–Trinajstić information content (AvgIpc) is 3.00. The molecule has 9 heteroatoms. The van der Waals surface area contributed by atoms with E-state index in [1.165, 1.54) is 17.9 Å². The number of sulfonamides is 1. The van der Waals surface area contributed by atoms with Crippen LogP contribution in [-0.2, 0) is 19.6 Å². The molecule has 3 atom stereocenters. The van der Waals surface area contributed by atoms with Gasteiger partial charge in [-0.15, -0.1) is 11.3 Å². The summed E-state index contributed by atoms with van der Waals surface area (Å²) in [6.45, 7) is 3.91. The largest absolute Gasteiger partial charge is 0.481 e. The fourth-order valence-corrected chi connectivity index (χ4v) is 4.95. The van der Waals surface area contributed by atoms with Crippen LogP contribution < -0.4 is 4.72 Å². The molecule has 7 nitrogen and oxygen atoms in total. The zero-order valence-corrected chi connectivity index (χ0v) is 14.6. The van der Waals surface area contributed by atoms with Crippen molar-refractivity contribution in [3.8, 4) is 0 Å². The van der Waals surface area contributed by atoms with Gasteiger partial charge in [0.15, 0.2) is 0 Å². The third-order valence-electron chi connectivity index (χ3n) is 3.78. The van der Waals surface area contributed by atoms with Crippen molar-refractivity contribution in [2.75, 3.05) is 13.1 Å². The molecule has 1 aliphatic heterocycles. The summed E-state index contributed by atoms with van der Waals surface area (Å²) < 4.78 is 26.8. The van der Waals surface area contributed by atoms with Gasteiger partial charge in [-0.2, -0.15) is 4.72 Å². The van der Waals surface area contributed by atoms with Gasteiger partial charge in [0.25, 0.3) is 10.0 Å². The van der Waals surface area contributed by atoms with Crippen LogP contribution in [0.5, 0.6) is 0 Å². The van der Waals surface area contributed by atoms with Crippen LogP contribution in [-0.4, -0.2) is 49.4 Å². The standard InChI is InChI=1S/C14H20N2O5S2/c1-9-6-11(14(18)19)8-16(7-9)13(17)10(2)15-23(20,21)12-4-3-5-22-12/h3-5,9-11,15H,6-8H2,1-2H3,(H,18,19). The Kier molecular flexibility index (Phi) is 5.43. The Hall–Kier alpha value is -1.45. The number of amides is 1. The first-order valence-corrected chi connectivity index (χ1v) is 9.64. The van der Waals surface area contributed by atoms with Crippen molar-refractivity contribution in [1.82, 2.24) is 9.62 Å². The van der Waals surface area contributed by atoms with E-state index in [2.05, 4.69) is 4.72 Å². The van der Waals surface area contributed by atoms with Crippen molar-refractivity contribution in [3.63, 3.8) is 0 Å². The summed E-state index contributed by atoms with van der Waals surface area (Å²) in [7, 11) is -3.74. The Morgan fingerprint density at radius 1 is 1.43 bits per heavy atom. The number of carbonyl (C=O) groups excluding carboxylic acids is 1. The van der Waals surface area contributed by atoms with Crippen molar-refractivity contribution in [1.29, 1.82) is 0 Å². The number of likely N-dealkylation sites (tertiary alicyclic amines) is 1. The van der Waals surface area contributed by atoms with Gasteiger partial charge in [0, 0.05) is 13.1 Å². The maximum atomic E-state index is 12.5. The smallest absolute Gasteiger partial charge is 0.308 e. The lowest BCUT2D eigenvalue weighted by Crippen LogP contribution is -2.52. The maximum Gasteiger partial charge on any atom is 0.308 e. The van der Waals surface area contributed by atoms with E-state index in [0.29, 0.717) is 13.0 Å². The molecule has 0 spiro atoms. The lowest BCUT2D eigenvalue weighted by molar-refractivity contribution is -0.147. The molecule has 1 saturated heterocycles. The van der Waals surface area contributed by atoms with Crippen molar-refractivity contribution in [2.24, 2.45) is 11.8 Å². The molecule has 1 aromatic heterocycles. The lowest BCUT2D eigenvalue weighted by Gasteiger charge is -2.36. The quantitative estimate of drug-likeness (QED) is 0.815. The van der Waals surface area contributed by atoms with Crippen LogP contribution in [0.1, 0.15) is 20.3 Å². The molecule has 2 rings (SSSR count). The van der Waals surface area contributed by atoms with Gasteiger partial charge < -0.3 is 10.0 Å². The van der Waals surface area contributed by atoms with Crippen LogP contribution in [0.2, 0.25) is 0 Å². The predicted molar refractivity (Wildman–Crippen MR) is 85.6 cm³/mol. The minimum Gasteiger partial charge on any atom is -0.481 e. The zero-order chi connectivity index (χ0) is 17.2. The molecule has 0 bridgehead atoms. The molecule has 1 aliphatic rings. The van der Waals surface area contributed by atoms with E-state index in [9.17, 15) is 18.0 Å². The number of nitrogens with zero attached hydrogens (tertiary/aromatic N) is 1. The third-order valence-corrected chi connectivity index (χ3v) is 6.72. The van der Waals surface area contributed by atoms with Crippen LogP contribution in [0.25, 0.3) is 0 Å². The van der Waals surface area contributed by atoms with Crippen molar-refractivity contribution in [2.45, 2.75) is 30.5 Å². The summed E-state index contributed by atoms with van der Waals surface area (Å²) in [6.07, 6.45) is 0.522. The summed E-state index contributed by atoms with van der Waals surface area (Å²) in [6, 6.07) is 2.14. The van der Waals surface area contributed by atoms with Crippen molar-refractivity contribution < 1.29 is 23.1 Å². The SMILES string of the molecule is CC1CC(C(=O)O)CN(C(=O)C(C)NS(=O)(=O)c2cccs2)C1. The van der Waals surface area contributed by atoms with Gasteiger partial charge in [0.1, 0.15) is 4.21 Å². The summed E-state index contributed by atoms with van der Waals surface area (Å²) in [5.41, 5.74) is 0. The first-order chi connectivity index (χ1) is 10.7. The zero-order valence-electron chi connectivity index (χ0n) is 12.9. The van der Waals surface area contributed by atoms with Crippen LogP contribution in [0.4, 0.5) is 0 Å². The van der Waals surface area contributed by atoms with E-state index in [0.717, 1.165) is 11.3 Å². The fourth-order valence-electron chi connectivity index (χ4n) is 2.74. The number of carboxylic acid groups (broad SMARTS) is 1. The van der Waals surface area contributed by atoms with Gasteiger partial charge in [0.05, 0.1) is 12.0 Å². The number of nitrogens with one attached hydrogen (secondary N) is 1. The highest BCUT2D eigenvalue weighted by Gasteiger charge is 2.34. The summed E-state index contributed by atoms with van der Waals surface area (Å²) in [5, 5.41) is 10.8. The van der Waals surface area contributed by atoms with Crippen LogP contribution in [0, 0.1) is 11.8 Å². The first-order valence-electron chi connectivity index (χ1n) is 7.28. The Labute approximate surface area is 139 Å². The molecule has 1 amide bonds. The van der Waals surface area contributed by atoms with Gasteiger partial charge in [-0.1, -0.05) is 13.0 Å². The molecule has 1 aromatic rings. The highest BCUT2D eigenvalue weighted by atomic mass is 32.2. The number of carboxylic acids is 1. The van der Waals surface area contributed by atoms with Gasteiger partial charge >= 0.3 is 5.97 Å². The topological polar surface area (TPSA) is 104 Å². The van der Waals surface area contributed by atoms with E-state index in [1.807, 2.05) is 6.92 Å². The molecular formula is C14H20N2O5S2. The second kappa shape index (κ2) is 6.98. The maximum absolute atomic E-state index is 12.5. The van der Waals surface area contributed by atoms with Gasteiger partial charge in [-0.05, 0) is 30.7 Å². The van der Waals surface area contributed by atoms with Gasteiger partial charge in [-0.3, -0.25) is 9.59 Å². The van der Waals surface area contributed by atoms with Gasteiger partial charge in [-0.25, -0.2) is 8.42 Å². The summed E-state index contributed by atoms with van der Waals surface area (Å²) in [5.74, 6) is -1.87. The molecule has 3 unspecified atom stereocenters. The molecule has 0 saturated carbocycles. The molecule has 1 fully saturated rings. The Morgan fingerprint density at radius 3 is 2.70 bits per heavy atom. The summed E-state index contributed by atoms with van der Waals surface area (Å²) >= 11 is 1.07. The van der Waals surface area contributed by atoms with Gasteiger partial charge in [0.2, 0.25) is 5.91 Å². The number of thiophene rings is 1. The van der Waals surface area contributed by atoms with Crippen LogP contribution in [0.3, 0.4) is 0 Å². The Bertz CT molecular complexity index is 671. The van der Waals surface area contributed by atoms with E-state index in [-0.39, 0.29) is 16.7 Å². The average molecular weight is 360 g/mol. The third kappa shape index (κ3) is 4.30. The number of piperidine rings is 1.